The Kier molecular flexibility index (Phi) is 8.36. The smallest absolute Gasteiger partial charge is 0.286 e. The topological polar surface area (TPSA) is 109 Å². The van der Waals surface area contributed by atoms with Crippen LogP contribution in [0.3, 0.4) is 0 Å². The Labute approximate surface area is 195 Å². The van der Waals surface area contributed by atoms with Gasteiger partial charge in [-0.3, -0.25) is 14.9 Å². The maximum absolute atomic E-state index is 13.0. The fourth-order valence-corrected chi connectivity index (χ4v) is 2.98. The van der Waals surface area contributed by atoms with Crippen molar-refractivity contribution in [2.45, 2.75) is 6.54 Å². The van der Waals surface area contributed by atoms with Crippen LogP contribution in [0.15, 0.2) is 60.7 Å². The molecule has 1 amide bonds. The van der Waals surface area contributed by atoms with Gasteiger partial charge in [0.1, 0.15) is 29.5 Å². The van der Waals surface area contributed by atoms with E-state index < -0.39 is 16.5 Å². The third kappa shape index (κ3) is 6.42. The van der Waals surface area contributed by atoms with Gasteiger partial charge in [-0.1, -0.05) is 12.1 Å². The molecule has 0 spiro atoms. The van der Waals surface area contributed by atoms with Gasteiger partial charge in [0.05, 0.1) is 24.7 Å². The van der Waals surface area contributed by atoms with Crippen LogP contribution in [0.1, 0.15) is 15.9 Å². The SMILES string of the molecule is COCCOc1cc([N+](=O)[O-])c(C(=O)NCc2ccc(Oc3ccc(F)cc3)cc2)cc1OC. The van der Waals surface area contributed by atoms with Crippen LogP contribution in [0.25, 0.3) is 0 Å². The lowest BCUT2D eigenvalue weighted by Gasteiger charge is -2.13. The number of carbonyl (C=O) groups excluding carboxylic acids is 1. The summed E-state index contributed by atoms with van der Waals surface area (Å²) in [4.78, 5) is 23.6. The number of nitro groups is 1. The lowest BCUT2D eigenvalue weighted by molar-refractivity contribution is -0.385. The minimum atomic E-state index is -0.654. The van der Waals surface area contributed by atoms with Crippen molar-refractivity contribution in [1.29, 1.82) is 0 Å². The van der Waals surface area contributed by atoms with E-state index in [2.05, 4.69) is 5.32 Å². The second kappa shape index (κ2) is 11.6. The van der Waals surface area contributed by atoms with Crippen LogP contribution in [0.5, 0.6) is 23.0 Å². The number of hydrogen-bond acceptors (Lipinski definition) is 7. The fraction of sp³-hybridized carbons (Fsp3) is 0.208. The zero-order chi connectivity index (χ0) is 24.5. The van der Waals surface area contributed by atoms with Gasteiger partial charge in [0.15, 0.2) is 11.5 Å². The zero-order valence-electron chi connectivity index (χ0n) is 18.6. The van der Waals surface area contributed by atoms with Gasteiger partial charge >= 0.3 is 0 Å². The van der Waals surface area contributed by atoms with Gasteiger partial charge in [-0.15, -0.1) is 0 Å². The number of nitro benzene ring substituents is 1. The van der Waals surface area contributed by atoms with E-state index in [4.69, 9.17) is 18.9 Å². The molecule has 0 bridgehead atoms. The Bertz CT molecular complexity index is 1140. The summed E-state index contributed by atoms with van der Waals surface area (Å²) >= 11 is 0. The van der Waals surface area contributed by atoms with Crippen LogP contribution < -0.4 is 19.5 Å². The van der Waals surface area contributed by atoms with E-state index in [0.29, 0.717) is 11.5 Å². The van der Waals surface area contributed by atoms with Gasteiger partial charge in [0.25, 0.3) is 11.6 Å². The van der Waals surface area contributed by atoms with Crippen LogP contribution >= 0.6 is 0 Å². The van der Waals surface area contributed by atoms with Crippen molar-refractivity contribution in [3.63, 3.8) is 0 Å². The van der Waals surface area contributed by atoms with Crippen LogP contribution in [-0.4, -0.2) is 38.3 Å². The molecule has 0 unspecified atom stereocenters. The molecule has 1 N–H and O–H groups in total. The van der Waals surface area contributed by atoms with Crippen LogP contribution in [-0.2, 0) is 11.3 Å². The standard InChI is InChI=1S/C24H23FN2O7/c1-31-11-12-33-23-14-21(27(29)30)20(13-22(23)32-2)24(28)26-15-16-3-7-18(8-4-16)34-19-9-5-17(25)6-10-19/h3-10,13-14H,11-12,15H2,1-2H3,(H,26,28). The van der Waals surface area contributed by atoms with Gasteiger partial charge in [-0.05, 0) is 42.0 Å². The number of rotatable bonds is 11. The normalized spacial score (nSPS) is 10.4. The van der Waals surface area contributed by atoms with Crippen molar-refractivity contribution in [2.24, 2.45) is 0 Å². The molecule has 0 aliphatic rings. The molecule has 3 rings (SSSR count). The Balaban J connectivity index is 1.68. The van der Waals surface area contributed by atoms with Gasteiger partial charge in [0.2, 0.25) is 0 Å². The number of methoxy groups -OCH3 is 2. The highest BCUT2D eigenvalue weighted by Crippen LogP contribution is 2.35. The first kappa shape index (κ1) is 24.5. The Morgan fingerprint density at radius 1 is 0.971 bits per heavy atom. The third-order valence-electron chi connectivity index (χ3n) is 4.69. The highest BCUT2D eigenvalue weighted by atomic mass is 19.1. The van der Waals surface area contributed by atoms with Crippen molar-refractivity contribution in [2.75, 3.05) is 27.4 Å². The lowest BCUT2D eigenvalue weighted by atomic mass is 10.1. The average Bonchev–Trinajstić information content (AvgIpc) is 2.84. The predicted molar refractivity (Wildman–Crippen MR) is 121 cm³/mol. The number of nitrogens with zero attached hydrogens (tertiary/aromatic N) is 1. The van der Waals surface area contributed by atoms with Crippen LogP contribution in [0.4, 0.5) is 10.1 Å². The first-order valence-electron chi connectivity index (χ1n) is 10.2. The summed E-state index contributed by atoms with van der Waals surface area (Å²) in [6.45, 7) is 0.574. The minimum Gasteiger partial charge on any atom is -0.493 e. The summed E-state index contributed by atoms with van der Waals surface area (Å²) in [5.41, 5.74) is 0.180. The highest BCUT2D eigenvalue weighted by molar-refractivity contribution is 5.99. The molecule has 0 saturated carbocycles. The molecule has 3 aromatic carbocycles. The number of nitrogens with one attached hydrogen (secondary N) is 1. The molecular weight excluding hydrogens is 447 g/mol. The molecule has 0 heterocycles. The predicted octanol–water partition coefficient (Wildman–Crippen LogP) is 4.49. The molecule has 0 aliphatic carbocycles. The zero-order valence-corrected chi connectivity index (χ0v) is 18.6. The molecule has 0 fully saturated rings. The van der Waals surface area contributed by atoms with Crippen molar-refractivity contribution >= 4 is 11.6 Å². The van der Waals surface area contributed by atoms with Crippen molar-refractivity contribution in [1.82, 2.24) is 5.32 Å². The molecule has 0 saturated heterocycles. The minimum absolute atomic E-state index is 0.126. The van der Waals surface area contributed by atoms with E-state index in [1.165, 1.54) is 44.6 Å². The Hall–Kier alpha value is -4.18. The first-order chi connectivity index (χ1) is 16.4. The third-order valence-corrected chi connectivity index (χ3v) is 4.69. The molecule has 0 aromatic heterocycles. The van der Waals surface area contributed by atoms with E-state index in [1.54, 1.807) is 24.3 Å². The summed E-state index contributed by atoms with van der Waals surface area (Å²) in [6, 6.07) is 14.9. The second-order valence-corrected chi connectivity index (χ2v) is 7.00. The molecular formula is C24H23FN2O7. The van der Waals surface area contributed by atoms with Crippen molar-refractivity contribution < 1.29 is 33.1 Å². The van der Waals surface area contributed by atoms with Crippen molar-refractivity contribution in [3.8, 4) is 23.0 Å². The summed E-state index contributed by atoms with van der Waals surface area (Å²) in [6.07, 6.45) is 0. The first-order valence-corrected chi connectivity index (χ1v) is 10.2. The number of ether oxygens (including phenoxy) is 4. The summed E-state index contributed by atoms with van der Waals surface area (Å²) < 4.78 is 34.2. The maximum atomic E-state index is 13.0. The van der Waals surface area contributed by atoms with Crippen LogP contribution in [0, 0.1) is 15.9 Å². The molecule has 0 radical (unpaired) electrons. The Morgan fingerprint density at radius 3 is 2.21 bits per heavy atom. The van der Waals surface area contributed by atoms with E-state index >= 15 is 0 Å². The summed E-state index contributed by atoms with van der Waals surface area (Å²) in [5.74, 6) is 0.350. The van der Waals surface area contributed by atoms with Gasteiger partial charge in [-0.25, -0.2) is 4.39 Å². The van der Waals surface area contributed by atoms with E-state index in [0.717, 1.165) is 11.6 Å². The number of hydrogen-bond donors (Lipinski definition) is 1. The summed E-state index contributed by atoms with van der Waals surface area (Å²) in [7, 11) is 2.88. The molecule has 0 aliphatic heterocycles. The van der Waals surface area contributed by atoms with E-state index in [9.17, 15) is 19.3 Å². The number of benzene rings is 3. The van der Waals surface area contributed by atoms with E-state index in [1.807, 2.05) is 0 Å². The molecule has 178 valence electrons. The monoisotopic (exact) mass is 470 g/mol. The van der Waals surface area contributed by atoms with Gasteiger partial charge < -0.3 is 24.3 Å². The number of halogens is 1. The maximum Gasteiger partial charge on any atom is 0.286 e. The molecule has 9 nitrogen and oxygen atoms in total. The van der Waals surface area contributed by atoms with Crippen LogP contribution in [0.2, 0.25) is 0 Å². The quantitative estimate of drug-likeness (QED) is 0.250. The van der Waals surface area contributed by atoms with Crippen molar-refractivity contribution in [3.05, 3.63) is 87.7 Å². The average molecular weight is 470 g/mol. The number of amides is 1. The van der Waals surface area contributed by atoms with Gasteiger partial charge in [-0.2, -0.15) is 0 Å². The largest absolute Gasteiger partial charge is 0.493 e. The molecule has 0 atom stereocenters. The summed E-state index contributed by atoms with van der Waals surface area (Å²) in [5, 5.41) is 14.2. The number of carbonyl (C=O) groups is 1. The molecule has 10 heteroatoms. The highest BCUT2D eigenvalue weighted by Gasteiger charge is 2.24. The lowest BCUT2D eigenvalue weighted by Crippen LogP contribution is -2.24. The van der Waals surface area contributed by atoms with Gasteiger partial charge in [0, 0.05) is 19.7 Å². The molecule has 34 heavy (non-hydrogen) atoms. The molecule has 3 aromatic rings. The Morgan fingerprint density at radius 2 is 1.62 bits per heavy atom. The second-order valence-electron chi connectivity index (χ2n) is 7.00. The van der Waals surface area contributed by atoms with E-state index in [-0.39, 0.29) is 42.6 Å². The fourth-order valence-electron chi connectivity index (χ4n) is 2.98.